The van der Waals surface area contributed by atoms with E-state index in [9.17, 15) is 31.2 Å². The number of amides is 2. The molecule has 0 aromatic heterocycles. The zero-order valence-corrected chi connectivity index (χ0v) is 26.6. The number of nitrogens with one attached hydrogen (secondary N) is 1. The summed E-state index contributed by atoms with van der Waals surface area (Å²) in [7, 11) is -4.53. The van der Waals surface area contributed by atoms with Crippen LogP contribution in [-0.4, -0.2) is 44.3 Å². The van der Waals surface area contributed by atoms with Crippen LogP contribution in [0.1, 0.15) is 23.6 Å². The Morgan fingerprint density at radius 2 is 1.47 bits per heavy atom. The number of likely N-dealkylation sites (N-methyl/N-ethyl adjacent to an activating group) is 1. The van der Waals surface area contributed by atoms with Gasteiger partial charge in [0, 0.05) is 24.0 Å². The van der Waals surface area contributed by atoms with E-state index in [0.29, 0.717) is 15.9 Å². The Balaban J connectivity index is 1.82. The van der Waals surface area contributed by atoms with E-state index in [1.165, 1.54) is 35.2 Å². The predicted molar refractivity (Wildman–Crippen MR) is 170 cm³/mol. The molecule has 4 aromatic rings. The average Bonchev–Trinajstić information content (AvgIpc) is 3.03. The lowest BCUT2D eigenvalue weighted by atomic mass is 10.0. The molecule has 0 radical (unpaired) electrons. The fourth-order valence-corrected chi connectivity index (χ4v) is 6.41. The van der Waals surface area contributed by atoms with Crippen molar-refractivity contribution in [3.63, 3.8) is 0 Å². The van der Waals surface area contributed by atoms with Gasteiger partial charge in [0.05, 0.1) is 16.1 Å². The summed E-state index contributed by atoms with van der Waals surface area (Å²) in [4.78, 5) is 28.9. The van der Waals surface area contributed by atoms with E-state index in [4.69, 9.17) is 0 Å². The van der Waals surface area contributed by atoms with Crippen molar-refractivity contribution in [2.45, 2.75) is 37.0 Å². The van der Waals surface area contributed by atoms with Crippen LogP contribution >= 0.6 is 15.9 Å². The van der Waals surface area contributed by atoms with E-state index in [0.717, 1.165) is 22.2 Å². The van der Waals surface area contributed by atoms with E-state index >= 15 is 0 Å². The summed E-state index contributed by atoms with van der Waals surface area (Å²) >= 11 is 3.38. The maximum atomic E-state index is 14.3. The number of alkyl halides is 3. The van der Waals surface area contributed by atoms with Gasteiger partial charge in [0.15, 0.2) is 0 Å². The van der Waals surface area contributed by atoms with E-state index in [2.05, 4.69) is 21.2 Å². The van der Waals surface area contributed by atoms with Gasteiger partial charge in [-0.3, -0.25) is 13.9 Å². The summed E-state index contributed by atoms with van der Waals surface area (Å²) in [5, 5.41) is 2.76. The highest BCUT2D eigenvalue weighted by molar-refractivity contribution is 9.10. The fraction of sp³-hybridized carbons (Fsp3) is 0.212. The molecule has 1 N–H and O–H groups in total. The Kier molecular flexibility index (Phi) is 11.1. The van der Waals surface area contributed by atoms with Crippen LogP contribution in [0.25, 0.3) is 0 Å². The molecule has 0 saturated heterocycles. The van der Waals surface area contributed by atoms with Crippen molar-refractivity contribution in [1.29, 1.82) is 0 Å². The molecule has 236 valence electrons. The number of sulfonamides is 1. The summed E-state index contributed by atoms with van der Waals surface area (Å²) in [5.41, 5.74) is -0.000563. The maximum Gasteiger partial charge on any atom is 0.416 e. The first-order valence-electron chi connectivity index (χ1n) is 14.0. The number of benzene rings is 4. The molecule has 0 heterocycles. The van der Waals surface area contributed by atoms with Gasteiger partial charge in [-0.05, 0) is 60.5 Å². The number of hydrogen-bond donors (Lipinski definition) is 1. The molecule has 7 nitrogen and oxygen atoms in total. The molecule has 0 unspecified atom stereocenters. The fourth-order valence-electron chi connectivity index (χ4n) is 4.72. The van der Waals surface area contributed by atoms with Gasteiger partial charge in [0.25, 0.3) is 10.0 Å². The Morgan fingerprint density at radius 1 is 0.844 bits per heavy atom. The highest BCUT2D eigenvalue weighted by Crippen LogP contribution is 2.33. The van der Waals surface area contributed by atoms with Crippen LogP contribution in [0.5, 0.6) is 0 Å². The second-order valence-electron chi connectivity index (χ2n) is 10.1. The molecule has 0 saturated carbocycles. The molecule has 12 heteroatoms. The third kappa shape index (κ3) is 8.73. The Bertz CT molecular complexity index is 1700. The second kappa shape index (κ2) is 14.7. The third-order valence-corrected chi connectivity index (χ3v) is 9.28. The predicted octanol–water partition coefficient (Wildman–Crippen LogP) is 6.44. The number of carbonyl (C=O) groups excluding carboxylic acids is 2. The van der Waals surface area contributed by atoms with Crippen molar-refractivity contribution in [3.05, 3.63) is 130 Å². The lowest BCUT2D eigenvalue weighted by Crippen LogP contribution is -2.53. The first-order chi connectivity index (χ1) is 21.4. The normalized spacial score (nSPS) is 12.3. The summed E-state index contributed by atoms with van der Waals surface area (Å²) in [6.45, 7) is 1.09. The lowest BCUT2D eigenvalue weighted by Gasteiger charge is -2.34. The van der Waals surface area contributed by atoms with Crippen molar-refractivity contribution < 1.29 is 31.2 Å². The van der Waals surface area contributed by atoms with Crippen molar-refractivity contribution in [2.75, 3.05) is 17.4 Å². The Morgan fingerprint density at radius 3 is 2.07 bits per heavy atom. The van der Waals surface area contributed by atoms with Gasteiger partial charge < -0.3 is 10.2 Å². The summed E-state index contributed by atoms with van der Waals surface area (Å²) in [6, 6.07) is 26.0. The molecule has 0 aliphatic rings. The molecule has 0 fully saturated rings. The molecule has 45 heavy (non-hydrogen) atoms. The number of rotatable bonds is 12. The largest absolute Gasteiger partial charge is 0.416 e. The van der Waals surface area contributed by atoms with Crippen molar-refractivity contribution in [2.24, 2.45) is 0 Å². The monoisotopic (exact) mass is 701 g/mol. The van der Waals surface area contributed by atoms with Crippen LogP contribution < -0.4 is 9.62 Å². The first kappa shape index (κ1) is 33.7. The number of carbonyl (C=O) groups is 2. The average molecular weight is 703 g/mol. The van der Waals surface area contributed by atoms with Crippen LogP contribution in [0, 0.1) is 0 Å². The Labute approximate surface area is 268 Å². The zero-order valence-electron chi connectivity index (χ0n) is 24.2. The zero-order chi connectivity index (χ0) is 32.6. The van der Waals surface area contributed by atoms with Crippen LogP contribution in [0.15, 0.2) is 119 Å². The van der Waals surface area contributed by atoms with Gasteiger partial charge in [0.2, 0.25) is 11.8 Å². The quantitative estimate of drug-likeness (QED) is 0.184. The number of halogens is 4. The molecule has 0 spiro atoms. The lowest BCUT2D eigenvalue weighted by molar-refractivity contribution is -0.140. The highest BCUT2D eigenvalue weighted by atomic mass is 79.9. The molecular weight excluding hydrogens is 671 g/mol. The van der Waals surface area contributed by atoms with Crippen molar-refractivity contribution in [3.8, 4) is 0 Å². The van der Waals surface area contributed by atoms with Crippen LogP contribution in [0.3, 0.4) is 0 Å². The van der Waals surface area contributed by atoms with E-state index in [1.807, 2.05) is 18.2 Å². The first-order valence-corrected chi connectivity index (χ1v) is 16.2. The SMILES string of the molecule is CCNC(=O)[C@@H](Cc1ccccc1)N(Cc1ccc(Br)cc1)C(=O)CN(c1cccc(C(F)(F)F)c1)S(=O)(=O)c1ccccc1. The number of nitrogens with zero attached hydrogens (tertiary/aromatic N) is 2. The second-order valence-corrected chi connectivity index (χ2v) is 12.9. The highest BCUT2D eigenvalue weighted by Gasteiger charge is 2.36. The third-order valence-electron chi connectivity index (χ3n) is 6.96. The van der Waals surface area contributed by atoms with E-state index in [1.54, 1.807) is 49.4 Å². The summed E-state index contributed by atoms with van der Waals surface area (Å²) < 4.78 is 70.4. The van der Waals surface area contributed by atoms with Gasteiger partial charge in [-0.2, -0.15) is 13.2 Å². The molecule has 0 aliphatic heterocycles. The molecule has 0 bridgehead atoms. The smallest absolute Gasteiger partial charge is 0.355 e. The van der Waals surface area contributed by atoms with Gasteiger partial charge >= 0.3 is 6.18 Å². The molecule has 1 atom stereocenters. The minimum absolute atomic E-state index is 0.0669. The summed E-state index contributed by atoms with van der Waals surface area (Å²) in [6.07, 6.45) is -4.64. The number of anilines is 1. The van der Waals surface area contributed by atoms with Gasteiger partial charge in [-0.15, -0.1) is 0 Å². The Hall–Kier alpha value is -4.16. The standard InChI is InChI=1S/C33H31BrF3N3O4S/c1-2-38-32(42)30(20-24-10-5-3-6-11-24)39(22-25-16-18-27(34)19-17-25)31(41)23-40(45(43,44)29-14-7-4-8-15-29)28-13-9-12-26(21-28)33(35,36)37/h3-19,21,30H,2,20,22-23H2,1H3,(H,38,42)/t30-/m1/s1. The molecule has 0 aliphatic carbocycles. The van der Waals surface area contributed by atoms with Crippen LogP contribution in [-0.2, 0) is 38.8 Å². The van der Waals surface area contributed by atoms with Gasteiger partial charge in [-0.1, -0.05) is 82.7 Å². The number of hydrogen-bond acceptors (Lipinski definition) is 4. The molecule has 4 aromatic carbocycles. The summed E-state index contributed by atoms with van der Waals surface area (Å²) in [5.74, 6) is -1.23. The van der Waals surface area contributed by atoms with E-state index in [-0.39, 0.29) is 30.1 Å². The van der Waals surface area contributed by atoms with E-state index < -0.39 is 46.2 Å². The molecular formula is C33H31BrF3N3O4S. The topological polar surface area (TPSA) is 86.8 Å². The van der Waals surface area contributed by atoms with Crippen LogP contribution in [0.4, 0.5) is 18.9 Å². The van der Waals surface area contributed by atoms with Gasteiger partial charge in [-0.25, -0.2) is 8.42 Å². The van der Waals surface area contributed by atoms with Crippen molar-refractivity contribution in [1.82, 2.24) is 10.2 Å². The van der Waals surface area contributed by atoms with Crippen LogP contribution in [0.2, 0.25) is 0 Å². The van der Waals surface area contributed by atoms with Crippen molar-refractivity contribution >= 4 is 43.5 Å². The minimum atomic E-state index is -4.76. The minimum Gasteiger partial charge on any atom is -0.355 e. The molecule has 2 amide bonds. The maximum absolute atomic E-state index is 14.3. The molecule has 4 rings (SSSR count). The van der Waals surface area contributed by atoms with Gasteiger partial charge in [0.1, 0.15) is 12.6 Å².